The highest BCUT2D eigenvalue weighted by atomic mass is 35.5. The van der Waals surface area contributed by atoms with Crippen molar-refractivity contribution in [3.8, 4) is 0 Å². The SMILES string of the molecule is Nc1cc(F)c(S(=O)(=O)NCc2ccc(Cl)s2)c(F)c1. The Balaban J connectivity index is 2.27. The smallest absolute Gasteiger partial charge is 0.246 e. The van der Waals surface area contributed by atoms with Crippen LogP contribution in [-0.2, 0) is 16.6 Å². The topological polar surface area (TPSA) is 72.2 Å². The summed E-state index contributed by atoms with van der Waals surface area (Å²) in [5.74, 6) is -2.47. The molecule has 20 heavy (non-hydrogen) atoms. The molecule has 1 aromatic heterocycles. The van der Waals surface area contributed by atoms with E-state index in [1.807, 2.05) is 0 Å². The second-order valence-electron chi connectivity index (χ2n) is 3.84. The van der Waals surface area contributed by atoms with Crippen LogP contribution < -0.4 is 10.5 Å². The molecule has 0 fully saturated rings. The zero-order valence-corrected chi connectivity index (χ0v) is 12.2. The van der Waals surface area contributed by atoms with Crippen LogP contribution in [0.2, 0.25) is 4.34 Å². The number of rotatable bonds is 4. The summed E-state index contributed by atoms with van der Waals surface area (Å²) in [6.45, 7) is -0.108. The van der Waals surface area contributed by atoms with Crippen molar-refractivity contribution in [3.05, 3.63) is 45.1 Å². The zero-order valence-electron chi connectivity index (χ0n) is 9.86. The Hall–Kier alpha value is -1.22. The van der Waals surface area contributed by atoms with Crippen LogP contribution in [0.4, 0.5) is 14.5 Å². The van der Waals surface area contributed by atoms with Crippen molar-refractivity contribution in [2.75, 3.05) is 5.73 Å². The van der Waals surface area contributed by atoms with Gasteiger partial charge in [-0.25, -0.2) is 21.9 Å². The Labute approximate surface area is 123 Å². The van der Waals surface area contributed by atoms with Crippen LogP contribution in [0.15, 0.2) is 29.2 Å². The van der Waals surface area contributed by atoms with Gasteiger partial charge >= 0.3 is 0 Å². The first-order valence-corrected chi connectivity index (χ1v) is 7.96. The van der Waals surface area contributed by atoms with E-state index in [9.17, 15) is 17.2 Å². The van der Waals surface area contributed by atoms with E-state index in [1.54, 1.807) is 12.1 Å². The van der Waals surface area contributed by atoms with E-state index < -0.39 is 26.6 Å². The second-order valence-corrected chi connectivity index (χ2v) is 7.35. The monoisotopic (exact) mass is 338 g/mol. The Bertz CT molecular complexity index is 724. The molecule has 0 saturated heterocycles. The lowest BCUT2D eigenvalue weighted by Gasteiger charge is -2.08. The fourth-order valence-electron chi connectivity index (χ4n) is 1.52. The van der Waals surface area contributed by atoms with Crippen molar-refractivity contribution in [2.45, 2.75) is 11.4 Å². The highest BCUT2D eigenvalue weighted by Gasteiger charge is 2.24. The first-order chi connectivity index (χ1) is 9.29. The third-order valence-electron chi connectivity index (χ3n) is 2.35. The quantitative estimate of drug-likeness (QED) is 0.842. The van der Waals surface area contributed by atoms with Gasteiger partial charge in [0.1, 0.15) is 11.6 Å². The standard InChI is InChI=1S/C11H9ClF2N2O2S2/c12-10-2-1-7(19-10)5-16-20(17,18)11-8(13)3-6(15)4-9(11)14/h1-4,16H,5,15H2. The lowest BCUT2D eigenvalue weighted by molar-refractivity contribution is 0.515. The minimum absolute atomic E-state index is 0.108. The van der Waals surface area contributed by atoms with Crippen molar-refractivity contribution in [1.82, 2.24) is 4.72 Å². The van der Waals surface area contributed by atoms with Crippen LogP contribution in [0.1, 0.15) is 4.88 Å². The van der Waals surface area contributed by atoms with Crippen LogP contribution in [0.5, 0.6) is 0 Å². The summed E-state index contributed by atoms with van der Waals surface area (Å²) in [4.78, 5) is -0.427. The minimum Gasteiger partial charge on any atom is -0.399 e. The molecule has 0 amide bonds. The number of nitrogen functional groups attached to an aromatic ring is 1. The van der Waals surface area contributed by atoms with Crippen molar-refractivity contribution in [3.63, 3.8) is 0 Å². The average Bonchev–Trinajstić information content (AvgIpc) is 2.71. The number of halogens is 3. The number of nitrogens with one attached hydrogen (secondary N) is 1. The van der Waals surface area contributed by atoms with E-state index in [1.165, 1.54) is 11.3 Å². The molecule has 0 aliphatic carbocycles. The van der Waals surface area contributed by atoms with Gasteiger partial charge in [-0.05, 0) is 24.3 Å². The van der Waals surface area contributed by atoms with Crippen molar-refractivity contribution in [1.29, 1.82) is 0 Å². The van der Waals surface area contributed by atoms with Gasteiger partial charge in [-0.3, -0.25) is 0 Å². The minimum atomic E-state index is -4.32. The number of sulfonamides is 1. The Morgan fingerprint density at radius 2 is 1.85 bits per heavy atom. The van der Waals surface area contributed by atoms with E-state index >= 15 is 0 Å². The van der Waals surface area contributed by atoms with Gasteiger partial charge in [0, 0.05) is 17.1 Å². The van der Waals surface area contributed by atoms with E-state index in [0.29, 0.717) is 9.21 Å². The maximum atomic E-state index is 13.6. The second kappa shape index (κ2) is 5.65. The summed E-state index contributed by atoms with van der Waals surface area (Å²) >= 11 is 6.87. The normalized spacial score (nSPS) is 11.8. The predicted molar refractivity (Wildman–Crippen MR) is 74.1 cm³/mol. The Morgan fingerprint density at radius 3 is 2.35 bits per heavy atom. The molecular weight excluding hydrogens is 330 g/mol. The summed E-state index contributed by atoms with van der Waals surface area (Å²) in [6.07, 6.45) is 0. The van der Waals surface area contributed by atoms with Gasteiger partial charge in [0.2, 0.25) is 10.0 Å². The molecule has 108 valence electrons. The van der Waals surface area contributed by atoms with Crippen LogP contribution in [-0.4, -0.2) is 8.42 Å². The molecular formula is C11H9ClF2N2O2S2. The molecule has 0 atom stereocenters. The molecule has 1 heterocycles. The lowest BCUT2D eigenvalue weighted by Crippen LogP contribution is -2.25. The summed E-state index contributed by atoms with van der Waals surface area (Å²) in [5, 5.41) is 0. The van der Waals surface area contributed by atoms with Crippen molar-refractivity contribution in [2.24, 2.45) is 0 Å². The van der Waals surface area contributed by atoms with E-state index in [0.717, 1.165) is 12.1 Å². The highest BCUT2D eigenvalue weighted by molar-refractivity contribution is 7.89. The number of thiophene rings is 1. The Kier molecular flexibility index (Phi) is 4.28. The Morgan fingerprint density at radius 1 is 1.25 bits per heavy atom. The maximum absolute atomic E-state index is 13.6. The fourth-order valence-corrected chi connectivity index (χ4v) is 3.76. The third-order valence-corrected chi connectivity index (χ3v) is 5.04. The average molecular weight is 339 g/mol. The molecule has 2 aromatic rings. The molecule has 4 nitrogen and oxygen atoms in total. The van der Waals surface area contributed by atoms with E-state index in [2.05, 4.69) is 4.72 Å². The first kappa shape index (κ1) is 15.2. The van der Waals surface area contributed by atoms with Gasteiger partial charge in [-0.2, -0.15) is 0 Å². The largest absolute Gasteiger partial charge is 0.399 e. The van der Waals surface area contributed by atoms with Gasteiger partial charge in [0.05, 0.1) is 4.34 Å². The maximum Gasteiger partial charge on any atom is 0.246 e. The molecule has 1 aromatic carbocycles. The predicted octanol–water partition coefficient (Wildman–Crippen LogP) is 2.74. The van der Waals surface area contributed by atoms with Crippen LogP contribution >= 0.6 is 22.9 Å². The summed E-state index contributed by atoms with van der Waals surface area (Å²) < 4.78 is 53.6. The molecule has 0 bridgehead atoms. The number of hydrogen-bond acceptors (Lipinski definition) is 4. The lowest BCUT2D eigenvalue weighted by atomic mass is 10.3. The summed E-state index contributed by atoms with van der Waals surface area (Å²) in [6, 6.07) is 4.71. The zero-order chi connectivity index (χ0) is 14.9. The number of nitrogens with two attached hydrogens (primary N) is 1. The van der Waals surface area contributed by atoms with Gasteiger partial charge in [-0.15, -0.1) is 11.3 Å². The molecule has 3 N–H and O–H groups in total. The van der Waals surface area contributed by atoms with Crippen LogP contribution in [0.25, 0.3) is 0 Å². The number of benzene rings is 1. The first-order valence-electron chi connectivity index (χ1n) is 5.28. The third kappa shape index (κ3) is 3.26. The van der Waals surface area contributed by atoms with Gasteiger partial charge in [0.15, 0.2) is 4.90 Å². The number of hydrogen-bond donors (Lipinski definition) is 2. The van der Waals surface area contributed by atoms with Gasteiger partial charge < -0.3 is 5.73 Å². The summed E-state index contributed by atoms with van der Waals surface area (Å²) in [5.41, 5.74) is 5.04. The van der Waals surface area contributed by atoms with Crippen molar-refractivity contribution >= 4 is 38.6 Å². The molecule has 2 rings (SSSR count). The van der Waals surface area contributed by atoms with Gasteiger partial charge in [0.25, 0.3) is 0 Å². The molecule has 0 aliphatic rings. The number of anilines is 1. The molecule has 9 heteroatoms. The molecule has 0 aliphatic heterocycles. The molecule has 0 unspecified atom stereocenters. The van der Waals surface area contributed by atoms with E-state index in [-0.39, 0.29) is 12.2 Å². The van der Waals surface area contributed by atoms with Crippen LogP contribution in [0, 0.1) is 11.6 Å². The van der Waals surface area contributed by atoms with Gasteiger partial charge in [-0.1, -0.05) is 11.6 Å². The van der Waals surface area contributed by atoms with Crippen molar-refractivity contribution < 1.29 is 17.2 Å². The fraction of sp³-hybridized carbons (Fsp3) is 0.0909. The molecule has 0 saturated carbocycles. The summed E-state index contributed by atoms with van der Waals surface area (Å²) in [7, 11) is -4.32. The molecule has 0 radical (unpaired) electrons. The van der Waals surface area contributed by atoms with Crippen LogP contribution in [0.3, 0.4) is 0 Å². The molecule has 0 spiro atoms. The highest BCUT2D eigenvalue weighted by Crippen LogP contribution is 2.24. The van der Waals surface area contributed by atoms with E-state index in [4.69, 9.17) is 17.3 Å².